The molecule has 0 aliphatic heterocycles. The third kappa shape index (κ3) is 3.64. The molecular weight excluding hydrogens is 348 g/mol. The summed E-state index contributed by atoms with van der Waals surface area (Å²) in [5.74, 6) is 0.356. The smallest absolute Gasteiger partial charge is 0.256 e. The van der Waals surface area contributed by atoms with Gasteiger partial charge in [-0.3, -0.25) is 9.78 Å². The van der Waals surface area contributed by atoms with Crippen molar-refractivity contribution in [1.82, 2.24) is 14.4 Å². The fourth-order valence-electron chi connectivity index (χ4n) is 3.08. The molecule has 0 fully saturated rings. The second-order valence-electron chi connectivity index (χ2n) is 7.83. The zero-order valence-corrected chi connectivity index (χ0v) is 16.2. The summed E-state index contributed by atoms with van der Waals surface area (Å²) < 4.78 is 1.91. The van der Waals surface area contributed by atoms with Gasteiger partial charge >= 0.3 is 0 Å². The van der Waals surface area contributed by atoms with Crippen molar-refractivity contribution in [3.63, 3.8) is 0 Å². The van der Waals surface area contributed by atoms with Crippen LogP contribution >= 0.6 is 0 Å². The van der Waals surface area contributed by atoms with Crippen LogP contribution in [-0.2, 0) is 5.41 Å². The van der Waals surface area contributed by atoms with Gasteiger partial charge < -0.3 is 9.72 Å². The number of hydrogen-bond donors (Lipinski definition) is 1. The van der Waals surface area contributed by atoms with Crippen molar-refractivity contribution >= 4 is 17.4 Å². The van der Waals surface area contributed by atoms with Gasteiger partial charge in [0.1, 0.15) is 5.65 Å². The predicted octanol–water partition coefficient (Wildman–Crippen LogP) is 4.95. The maximum absolute atomic E-state index is 12.6. The van der Waals surface area contributed by atoms with Crippen LogP contribution < -0.4 is 5.32 Å². The highest BCUT2D eigenvalue weighted by Crippen LogP contribution is 2.23. The summed E-state index contributed by atoms with van der Waals surface area (Å²) in [4.78, 5) is 21.1. The Morgan fingerprint density at radius 3 is 2.29 bits per heavy atom. The molecule has 3 heterocycles. The van der Waals surface area contributed by atoms with Crippen molar-refractivity contribution in [3.05, 3.63) is 84.4 Å². The molecule has 0 aliphatic carbocycles. The number of aromatic nitrogens is 3. The molecule has 0 spiro atoms. The van der Waals surface area contributed by atoms with Crippen molar-refractivity contribution in [2.24, 2.45) is 0 Å². The van der Waals surface area contributed by atoms with Crippen molar-refractivity contribution in [2.45, 2.75) is 26.2 Å². The molecule has 5 heteroatoms. The lowest BCUT2D eigenvalue weighted by molar-refractivity contribution is 0.102. The topological polar surface area (TPSA) is 59.3 Å². The molecule has 0 unspecified atom stereocenters. The van der Waals surface area contributed by atoms with Gasteiger partial charge in [-0.15, -0.1) is 0 Å². The van der Waals surface area contributed by atoms with Gasteiger partial charge in [-0.25, -0.2) is 4.98 Å². The molecule has 0 aliphatic rings. The monoisotopic (exact) mass is 370 g/mol. The van der Waals surface area contributed by atoms with E-state index in [1.165, 1.54) is 5.56 Å². The van der Waals surface area contributed by atoms with Gasteiger partial charge in [0.05, 0.1) is 6.20 Å². The number of carbonyl (C=O) groups excluding carboxylic acids is 1. The van der Waals surface area contributed by atoms with Gasteiger partial charge in [0, 0.05) is 24.2 Å². The van der Waals surface area contributed by atoms with Gasteiger partial charge in [-0.05, 0) is 58.5 Å². The third-order valence-corrected chi connectivity index (χ3v) is 4.72. The number of carbonyl (C=O) groups is 1. The van der Waals surface area contributed by atoms with Crippen LogP contribution in [0.15, 0.2) is 73.3 Å². The summed E-state index contributed by atoms with van der Waals surface area (Å²) >= 11 is 0. The number of imidazole rings is 1. The van der Waals surface area contributed by atoms with E-state index < -0.39 is 0 Å². The number of hydrogen-bond acceptors (Lipinski definition) is 3. The van der Waals surface area contributed by atoms with Gasteiger partial charge in [-0.2, -0.15) is 0 Å². The number of nitrogens with zero attached hydrogens (tertiary/aromatic N) is 3. The van der Waals surface area contributed by atoms with E-state index in [-0.39, 0.29) is 11.3 Å². The molecule has 0 saturated carbocycles. The highest BCUT2D eigenvalue weighted by Gasteiger charge is 2.15. The Morgan fingerprint density at radius 1 is 0.893 bits per heavy atom. The minimum absolute atomic E-state index is 0.0587. The van der Waals surface area contributed by atoms with Crippen LogP contribution in [-0.4, -0.2) is 20.3 Å². The quantitative estimate of drug-likeness (QED) is 0.555. The molecule has 0 bridgehead atoms. The van der Waals surface area contributed by atoms with Crippen molar-refractivity contribution in [1.29, 1.82) is 0 Å². The SMILES string of the molecule is CC(C)(C)c1ccc(C(=O)Nc2cn3cc(-c4ccncc4)ccc3n2)cc1. The molecule has 0 radical (unpaired) electrons. The number of fused-ring (bicyclic) bond motifs is 1. The average molecular weight is 370 g/mol. The fraction of sp³-hybridized carbons (Fsp3) is 0.174. The Hall–Kier alpha value is -3.47. The Bertz CT molecular complexity index is 1120. The first-order valence-electron chi connectivity index (χ1n) is 9.21. The van der Waals surface area contributed by atoms with E-state index in [1.807, 2.05) is 65.3 Å². The molecule has 140 valence electrons. The van der Waals surface area contributed by atoms with Crippen molar-refractivity contribution in [2.75, 3.05) is 5.32 Å². The molecule has 5 nitrogen and oxygen atoms in total. The lowest BCUT2D eigenvalue weighted by Gasteiger charge is -2.18. The van der Waals surface area contributed by atoms with Crippen LogP contribution in [0.25, 0.3) is 16.8 Å². The average Bonchev–Trinajstić information content (AvgIpc) is 3.09. The van der Waals surface area contributed by atoms with Crippen LogP contribution in [0.3, 0.4) is 0 Å². The van der Waals surface area contributed by atoms with Crippen LogP contribution in [0.1, 0.15) is 36.7 Å². The zero-order chi connectivity index (χ0) is 19.7. The Morgan fingerprint density at radius 2 is 1.61 bits per heavy atom. The normalized spacial score (nSPS) is 11.5. The molecule has 28 heavy (non-hydrogen) atoms. The van der Waals surface area contributed by atoms with E-state index >= 15 is 0 Å². The van der Waals surface area contributed by atoms with Crippen LogP contribution in [0.4, 0.5) is 5.82 Å². The highest BCUT2D eigenvalue weighted by atomic mass is 16.1. The summed E-state index contributed by atoms with van der Waals surface area (Å²) in [5.41, 5.74) is 4.78. The molecule has 4 aromatic rings. The second kappa shape index (κ2) is 6.93. The number of amides is 1. The standard InChI is InChI=1S/C23H22N4O/c1-23(2,3)19-7-4-17(5-8-19)22(28)26-20-15-27-14-18(6-9-21(27)25-20)16-10-12-24-13-11-16/h4-15H,1-3H3,(H,26,28). The molecule has 0 atom stereocenters. The summed E-state index contributed by atoms with van der Waals surface area (Å²) in [6.45, 7) is 6.46. The number of nitrogens with one attached hydrogen (secondary N) is 1. The van der Waals surface area contributed by atoms with E-state index in [0.29, 0.717) is 11.4 Å². The number of rotatable bonds is 3. The molecule has 3 aromatic heterocycles. The van der Waals surface area contributed by atoms with Gasteiger partial charge in [0.15, 0.2) is 5.82 Å². The largest absolute Gasteiger partial charge is 0.305 e. The van der Waals surface area contributed by atoms with Gasteiger partial charge in [-0.1, -0.05) is 32.9 Å². The van der Waals surface area contributed by atoms with E-state index in [9.17, 15) is 4.79 Å². The van der Waals surface area contributed by atoms with Gasteiger partial charge in [0.25, 0.3) is 5.91 Å². The third-order valence-electron chi connectivity index (χ3n) is 4.72. The molecular formula is C23H22N4O. The van der Waals surface area contributed by atoms with Crippen LogP contribution in [0, 0.1) is 0 Å². The highest BCUT2D eigenvalue weighted by molar-refractivity contribution is 6.03. The summed E-state index contributed by atoms with van der Waals surface area (Å²) in [5, 5.41) is 2.88. The zero-order valence-electron chi connectivity index (χ0n) is 16.2. The lowest BCUT2D eigenvalue weighted by atomic mass is 9.87. The molecule has 4 rings (SSSR count). The van der Waals surface area contributed by atoms with Crippen molar-refractivity contribution < 1.29 is 4.79 Å². The lowest BCUT2D eigenvalue weighted by Crippen LogP contribution is -2.14. The first kappa shape index (κ1) is 17.9. The number of anilines is 1. The molecule has 0 saturated heterocycles. The second-order valence-corrected chi connectivity index (χ2v) is 7.83. The van der Waals surface area contributed by atoms with Crippen LogP contribution in [0.5, 0.6) is 0 Å². The summed E-state index contributed by atoms with van der Waals surface area (Å²) in [6, 6.07) is 15.6. The minimum atomic E-state index is -0.168. The predicted molar refractivity (Wildman–Crippen MR) is 112 cm³/mol. The maximum atomic E-state index is 12.6. The fourth-order valence-corrected chi connectivity index (χ4v) is 3.08. The van der Waals surface area contributed by atoms with Crippen molar-refractivity contribution in [3.8, 4) is 11.1 Å². The Balaban J connectivity index is 1.55. The first-order valence-corrected chi connectivity index (χ1v) is 9.21. The summed E-state index contributed by atoms with van der Waals surface area (Å²) in [7, 11) is 0. The first-order chi connectivity index (χ1) is 13.4. The molecule has 1 aromatic carbocycles. The maximum Gasteiger partial charge on any atom is 0.256 e. The Kier molecular flexibility index (Phi) is 4.43. The number of benzene rings is 1. The molecule has 1 amide bonds. The molecule has 1 N–H and O–H groups in total. The number of pyridine rings is 2. The van der Waals surface area contributed by atoms with E-state index in [2.05, 4.69) is 36.1 Å². The van der Waals surface area contributed by atoms with Crippen LogP contribution in [0.2, 0.25) is 0 Å². The van der Waals surface area contributed by atoms with Gasteiger partial charge in [0.2, 0.25) is 0 Å². The van der Waals surface area contributed by atoms with E-state index in [4.69, 9.17) is 0 Å². The Labute approximate surface area is 164 Å². The van der Waals surface area contributed by atoms with E-state index in [1.54, 1.807) is 12.4 Å². The summed E-state index contributed by atoms with van der Waals surface area (Å²) in [6.07, 6.45) is 7.35. The van der Waals surface area contributed by atoms with E-state index in [0.717, 1.165) is 16.8 Å². The minimum Gasteiger partial charge on any atom is -0.305 e.